The van der Waals surface area contributed by atoms with Gasteiger partial charge in [-0.05, 0) is 35.9 Å². The van der Waals surface area contributed by atoms with Crippen LogP contribution in [0.5, 0.6) is 0 Å². The predicted octanol–water partition coefficient (Wildman–Crippen LogP) is 3.02. The second kappa shape index (κ2) is 7.32. The topological polar surface area (TPSA) is 101 Å². The van der Waals surface area contributed by atoms with Gasteiger partial charge in [-0.15, -0.1) is 0 Å². The molecule has 0 aliphatic heterocycles. The summed E-state index contributed by atoms with van der Waals surface area (Å²) in [6.45, 7) is 0.328. The zero-order valence-corrected chi connectivity index (χ0v) is 14.9. The molecule has 28 heavy (non-hydrogen) atoms. The van der Waals surface area contributed by atoms with Gasteiger partial charge in [-0.2, -0.15) is 23.5 Å². The number of rotatable bonds is 5. The molecule has 0 fully saturated rings. The van der Waals surface area contributed by atoms with Gasteiger partial charge >= 0.3 is 6.18 Å². The third-order valence-electron chi connectivity index (χ3n) is 3.68. The van der Waals surface area contributed by atoms with Gasteiger partial charge in [-0.25, -0.2) is 8.42 Å². The average molecular weight is 407 g/mol. The number of nitriles is 1. The molecule has 144 valence electrons. The number of hydrogen-bond donors (Lipinski definition) is 1. The van der Waals surface area contributed by atoms with Crippen LogP contribution in [0.15, 0.2) is 59.9 Å². The van der Waals surface area contributed by atoms with Gasteiger partial charge in [0.25, 0.3) is 10.0 Å². The number of sulfonamides is 1. The molecule has 1 N–H and O–H groups in total. The number of pyridine rings is 1. The van der Waals surface area contributed by atoms with Crippen molar-refractivity contribution < 1.29 is 21.6 Å². The standard InChI is InChI=1S/C17H12F3N5O2S/c18-17(19,20)14-9-13(10-21)1-2-15(14)28(26,27)24-16-5-8-25(23-16)11-12-3-6-22-7-4-12/h1-9H,11H2,(H,23,24). The molecule has 7 nitrogen and oxygen atoms in total. The predicted molar refractivity (Wildman–Crippen MR) is 92.5 cm³/mol. The van der Waals surface area contributed by atoms with Crippen molar-refractivity contribution in [1.82, 2.24) is 14.8 Å². The number of halogens is 3. The molecule has 0 unspecified atom stereocenters. The highest BCUT2D eigenvalue weighted by Crippen LogP contribution is 2.35. The summed E-state index contributed by atoms with van der Waals surface area (Å²) >= 11 is 0. The minimum Gasteiger partial charge on any atom is -0.266 e. The molecule has 0 radical (unpaired) electrons. The third-order valence-corrected chi connectivity index (χ3v) is 5.09. The van der Waals surface area contributed by atoms with Crippen LogP contribution in [-0.4, -0.2) is 23.2 Å². The molecule has 11 heteroatoms. The maximum Gasteiger partial charge on any atom is 0.417 e. The summed E-state index contributed by atoms with van der Waals surface area (Å²) in [5.74, 6) is -0.133. The Morgan fingerprint density at radius 3 is 2.50 bits per heavy atom. The largest absolute Gasteiger partial charge is 0.417 e. The first-order chi connectivity index (χ1) is 13.2. The second-order valence-corrected chi connectivity index (χ2v) is 7.33. The molecule has 1 aromatic carbocycles. The zero-order chi connectivity index (χ0) is 20.4. The van der Waals surface area contributed by atoms with Crippen LogP contribution < -0.4 is 4.72 Å². The SMILES string of the molecule is N#Cc1ccc(S(=O)(=O)Nc2ccn(Cc3ccncc3)n2)c(C(F)(F)F)c1. The number of aromatic nitrogens is 3. The van der Waals surface area contributed by atoms with Gasteiger partial charge in [0.2, 0.25) is 0 Å². The molecule has 0 saturated heterocycles. The molecule has 0 amide bonds. The van der Waals surface area contributed by atoms with Crippen LogP contribution in [0.3, 0.4) is 0 Å². The van der Waals surface area contributed by atoms with Crippen molar-refractivity contribution in [3.05, 3.63) is 71.7 Å². The molecule has 0 aliphatic carbocycles. The van der Waals surface area contributed by atoms with Gasteiger partial charge < -0.3 is 0 Å². The van der Waals surface area contributed by atoms with E-state index in [1.807, 2.05) is 4.72 Å². The van der Waals surface area contributed by atoms with Gasteiger partial charge in [0.15, 0.2) is 5.82 Å². The number of benzene rings is 1. The van der Waals surface area contributed by atoms with E-state index in [1.54, 1.807) is 30.6 Å². The Hall–Kier alpha value is -3.39. The summed E-state index contributed by atoms with van der Waals surface area (Å²) in [5, 5.41) is 12.8. The summed E-state index contributed by atoms with van der Waals surface area (Å²) in [5.41, 5.74) is -0.859. The van der Waals surface area contributed by atoms with Gasteiger partial charge in [0.1, 0.15) is 0 Å². The second-order valence-electron chi connectivity index (χ2n) is 5.68. The van der Waals surface area contributed by atoms with E-state index in [2.05, 4.69) is 10.1 Å². The fourth-order valence-electron chi connectivity index (χ4n) is 2.43. The lowest BCUT2D eigenvalue weighted by molar-refractivity contribution is -0.139. The van der Waals surface area contributed by atoms with Gasteiger partial charge in [0, 0.05) is 24.7 Å². The maximum absolute atomic E-state index is 13.3. The van der Waals surface area contributed by atoms with Crippen molar-refractivity contribution >= 4 is 15.8 Å². The first kappa shape index (κ1) is 19.4. The summed E-state index contributed by atoms with van der Waals surface area (Å²) < 4.78 is 68.2. The molecular weight excluding hydrogens is 395 g/mol. The molecule has 3 aromatic rings. The van der Waals surface area contributed by atoms with Crippen molar-refractivity contribution in [3.8, 4) is 6.07 Å². The monoisotopic (exact) mass is 407 g/mol. The van der Waals surface area contributed by atoms with E-state index in [1.165, 1.54) is 16.9 Å². The molecule has 3 rings (SSSR count). The first-order valence-electron chi connectivity index (χ1n) is 7.75. The van der Waals surface area contributed by atoms with Gasteiger partial charge in [-0.1, -0.05) is 0 Å². The highest BCUT2D eigenvalue weighted by molar-refractivity contribution is 7.92. The minimum absolute atomic E-state index is 0.133. The van der Waals surface area contributed by atoms with E-state index >= 15 is 0 Å². The maximum atomic E-state index is 13.3. The number of hydrogen-bond acceptors (Lipinski definition) is 5. The van der Waals surface area contributed by atoms with Gasteiger partial charge in [-0.3, -0.25) is 14.4 Å². The van der Waals surface area contributed by atoms with Crippen LogP contribution in [0.2, 0.25) is 0 Å². The Bertz CT molecular complexity index is 1140. The molecule has 0 aliphatic rings. The molecule has 0 spiro atoms. The third kappa shape index (κ3) is 4.29. The van der Waals surface area contributed by atoms with Crippen molar-refractivity contribution in [1.29, 1.82) is 5.26 Å². The summed E-state index contributed by atoms with van der Waals surface area (Å²) in [6.07, 6.45) is -0.280. The molecular formula is C17H12F3N5O2S. The van der Waals surface area contributed by atoms with Crippen molar-refractivity contribution in [2.45, 2.75) is 17.6 Å². The highest BCUT2D eigenvalue weighted by atomic mass is 32.2. The number of nitrogens with zero attached hydrogens (tertiary/aromatic N) is 4. The lowest BCUT2D eigenvalue weighted by Gasteiger charge is -2.14. The fourth-order valence-corrected chi connectivity index (χ4v) is 3.63. The van der Waals surface area contributed by atoms with Crippen LogP contribution in [0.25, 0.3) is 0 Å². The first-order valence-corrected chi connectivity index (χ1v) is 9.24. The molecule has 2 aromatic heterocycles. The number of alkyl halides is 3. The van der Waals surface area contributed by atoms with E-state index in [9.17, 15) is 21.6 Å². The van der Waals surface area contributed by atoms with E-state index in [4.69, 9.17) is 5.26 Å². The average Bonchev–Trinajstić information content (AvgIpc) is 3.07. The smallest absolute Gasteiger partial charge is 0.266 e. The van der Waals surface area contributed by atoms with E-state index in [0.29, 0.717) is 12.6 Å². The van der Waals surface area contributed by atoms with E-state index in [-0.39, 0.29) is 11.4 Å². The van der Waals surface area contributed by atoms with Crippen LogP contribution in [0, 0.1) is 11.3 Å². The lowest BCUT2D eigenvalue weighted by atomic mass is 10.1. The van der Waals surface area contributed by atoms with Crippen LogP contribution in [0.1, 0.15) is 16.7 Å². The summed E-state index contributed by atoms with van der Waals surface area (Å²) in [4.78, 5) is 2.90. The van der Waals surface area contributed by atoms with Gasteiger partial charge in [0.05, 0.1) is 28.6 Å². The number of anilines is 1. The lowest BCUT2D eigenvalue weighted by Crippen LogP contribution is -2.19. The fraction of sp³-hybridized carbons (Fsp3) is 0.118. The summed E-state index contributed by atoms with van der Waals surface area (Å²) in [7, 11) is -4.58. The van der Waals surface area contributed by atoms with E-state index < -0.39 is 26.7 Å². The van der Waals surface area contributed by atoms with Crippen LogP contribution in [-0.2, 0) is 22.7 Å². The Morgan fingerprint density at radius 2 is 1.86 bits per heavy atom. The van der Waals surface area contributed by atoms with Crippen LogP contribution in [0.4, 0.5) is 19.0 Å². The molecule has 2 heterocycles. The van der Waals surface area contributed by atoms with Crippen molar-refractivity contribution in [3.63, 3.8) is 0 Å². The quantitative estimate of drug-likeness (QED) is 0.701. The van der Waals surface area contributed by atoms with Crippen molar-refractivity contribution in [2.75, 3.05) is 4.72 Å². The Balaban J connectivity index is 1.88. The highest BCUT2D eigenvalue weighted by Gasteiger charge is 2.37. The normalized spacial score (nSPS) is 11.8. The Labute approximate surface area is 158 Å². The summed E-state index contributed by atoms with van der Waals surface area (Å²) in [6, 6.07) is 8.63. The molecule has 0 saturated carbocycles. The number of nitrogens with one attached hydrogen (secondary N) is 1. The minimum atomic E-state index is -4.95. The molecule has 0 bridgehead atoms. The Kier molecular flexibility index (Phi) is 5.06. The van der Waals surface area contributed by atoms with E-state index in [0.717, 1.165) is 17.7 Å². The van der Waals surface area contributed by atoms with Crippen LogP contribution >= 0.6 is 0 Å². The van der Waals surface area contributed by atoms with Crippen molar-refractivity contribution in [2.24, 2.45) is 0 Å². The molecule has 0 atom stereocenters. The Morgan fingerprint density at radius 1 is 1.14 bits per heavy atom. The zero-order valence-electron chi connectivity index (χ0n) is 14.1.